The number of carbonyl (C=O) groups excluding carboxylic acids is 2. The lowest BCUT2D eigenvalue weighted by atomic mass is 10.2. The van der Waals surface area contributed by atoms with Gasteiger partial charge in [-0.15, -0.1) is 0 Å². The molecule has 1 heterocycles. The van der Waals surface area contributed by atoms with Crippen LogP contribution in [0.4, 0.5) is 0 Å². The van der Waals surface area contributed by atoms with Crippen LogP contribution in [0.2, 0.25) is 0 Å². The normalized spacial score (nSPS) is 10.6. The van der Waals surface area contributed by atoms with E-state index in [-0.39, 0.29) is 5.91 Å². The van der Waals surface area contributed by atoms with Crippen molar-refractivity contribution in [1.82, 2.24) is 9.47 Å². The van der Waals surface area contributed by atoms with Crippen molar-refractivity contribution < 1.29 is 9.59 Å². The van der Waals surface area contributed by atoms with Gasteiger partial charge in [-0.25, -0.2) is 0 Å². The predicted molar refractivity (Wildman–Crippen MR) is 70.6 cm³/mol. The molecule has 0 spiro atoms. The van der Waals surface area contributed by atoms with E-state index < -0.39 is 0 Å². The summed E-state index contributed by atoms with van der Waals surface area (Å²) in [5, 5.41) is 1.02. The Morgan fingerprint density at radius 2 is 2.11 bits per heavy atom. The molecule has 2 rings (SSSR count). The van der Waals surface area contributed by atoms with Crippen molar-refractivity contribution in [2.45, 2.75) is 13.0 Å². The lowest BCUT2D eigenvalue weighted by Gasteiger charge is -2.11. The fraction of sp³-hybridized carbons (Fsp3) is 0.286. The zero-order chi connectivity index (χ0) is 13.1. The second-order valence-electron chi connectivity index (χ2n) is 4.48. The second kappa shape index (κ2) is 5.04. The maximum Gasteiger partial charge on any atom is 0.223 e. The molecule has 4 nitrogen and oxygen atoms in total. The summed E-state index contributed by atoms with van der Waals surface area (Å²) in [6, 6.07) is 7.52. The number of aromatic nitrogens is 1. The molecular weight excluding hydrogens is 228 g/mol. The molecule has 0 aliphatic heterocycles. The van der Waals surface area contributed by atoms with Gasteiger partial charge in [-0.05, 0) is 24.3 Å². The van der Waals surface area contributed by atoms with Gasteiger partial charge in [-0.3, -0.25) is 9.59 Å². The van der Waals surface area contributed by atoms with Crippen molar-refractivity contribution in [1.29, 1.82) is 0 Å². The highest BCUT2D eigenvalue weighted by molar-refractivity contribution is 5.87. The number of hydrogen-bond acceptors (Lipinski definition) is 2. The molecule has 0 radical (unpaired) electrons. The minimum Gasteiger partial charge on any atom is -0.349 e. The summed E-state index contributed by atoms with van der Waals surface area (Å²) in [6.07, 6.45) is 3.26. The number of rotatable bonds is 4. The van der Waals surface area contributed by atoms with Crippen LogP contribution >= 0.6 is 0 Å². The van der Waals surface area contributed by atoms with Gasteiger partial charge in [0.1, 0.15) is 6.29 Å². The van der Waals surface area contributed by atoms with E-state index in [2.05, 4.69) is 0 Å². The van der Waals surface area contributed by atoms with Crippen LogP contribution in [-0.2, 0) is 11.3 Å². The number of amides is 1. The number of aryl methyl sites for hydroxylation is 1. The van der Waals surface area contributed by atoms with E-state index in [0.29, 0.717) is 18.5 Å². The van der Waals surface area contributed by atoms with Gasteiger partial charge in [0.15, 0.2) is 0 Å². The van der Waals surface area contributed by atoms with Crippen molar-refractivity contribution in [3.8, 4) is 0 Å². The molecule has 1 aromatic carbocycles. The predicted octanol–water partition coefficient (Wildman–Crippen LogP) is 1.93. The molecule has 0 fully saturated rings. The summed E-state index contributed by atoms with van der Waals surface area (Å²) in [5.41, 5.74) is 1.72. The number of fused-ring (bicyclic) bond motifs is 1. The van der Waals surface area contributed by atoms with Gasteiger partial charge in [-0.1, -0.05) is 0 Å². The SMILES string of the molecule is CN(C)C(=O)CCn1ccc2cc(C=O)ccc21. The molecule has 1 aromatic heterocycles. The lowest BCUT2D eigenvalue weighted by molar-refractivity contribution is -0.128. The molecule has 0 atom stereocenters. The monoisotopic (exact) mass is 244 g/mol. The molecule has 0 unspecified atom stereocenters. The van der Waals surface area contributed by atoms with Crippen molar-refractivity contribution in [2.75, 3.05) is 14.1 Å². The van der Waals surface area contributed by atoms with Crippen LogP contribution in [0, 0.1) is 0 Å². The Hall–Kier alpha value is -2.10. The molecule has 0 bridgehead atoms. The minimum atomic E-state index is 0.112. The molecule has 18 heavy (non-hydrogen) atoms. The molecule has 0 saturated carbocycles. The first-order valence-corrected chi connectivity index (χ1v) is 5.86. The maximum atomic E-state index is 11.5. The summed E-state index contributed by atoms with van der Waals surface area (Å²) in [4.78, 5) is 23.8. The van der Waals surface area contributed by atoms with Crippen LogP contribution in [0.1, 0.15) is 16.8 Å². The fourth-order valence-electron chi connectivity index (χ4n) is 1.93. The average molecular weight is 244 g/mol. The fourth-order valence-corrected chi connectivity index (χ4v) is 1.93. The highest BCUT2D eigenvalue weighted by Crippen LogP contribution is 2.17. The Balaban J connectivity index is 2.19. The second-order valence-corrected chi connectivity index (χ2v) is 4.48. The van der Waals surface area contributed by atoms with Crippen molar-refractivity contribution in [3.63, 3.8) is 0 Å². The van der Waals surface area contributed by atoms with Gasteiger partial charge in [0, 0.05) is 49.7 Å². The van der Waals surface area contributed by atoms with E-state index >= 15 is 0 Å². The van der Waals surface area contributed by atoms with Gasteiger partial charge >= 0.3 is 0 Å². The van der Waals surface area contributed by atoms with E-state index in [1.807, 2.05) is 29.0 Å². The number of benzene rings is 1. The summed E-state index contributed by atoms with van der Waals surface area (Å²) in [5.74, 6) is 0.112. The van der Waals surface area contributed by atoms with Crippen molar-refractivity contribution >= 4 is 23.1 Å². The van der Waals surface area contributed by atoms with E-state index in [1.165, 1.54) is 0 Å². The zero-order valence-electron chi connectivity index (χ0n) is 10.6. The largest absolute Gasteiger partial charge is 0.349 e. The van der Waals surface area contributed by atoms with Gasteiger partial charge in [-0.2, -0.15) is 0 Å². The molecule has 0 saturated heterocycles. The molecule has 1 amide bonds. The molecular formula is C14H16N2O2. The van der Waals surface area contributed by atoms with Crippen molar-refractivity contribution in [2.24, 2.45) is 0 Å². The first-order valence-electron chi connectivity index (χ1n) is 5.86. The molecule has 2 aromatic rings. The van der Waals surface area contributed by atoms with E-state index in [1.54, 1.807) is 25.1 Å². The Morgan fingerprint density at radius 3 is 2.78 bits per heavy atom. The van der Waals surface area contributed by atoms with E-state index in [0.717, 1.165) is 17.2 Å². The number of aldehydes is 1. The Bertz CT molecular complexity index is 584. The van der Waals surface area contributed by atoms with Gasteiger partial charge in [0.2, 0.25) is 5.91 Å². The number of carbonyl (C=O) groups is 2. The summed E-state index contributed by atoms with van der Waals surface area (Å²) >= 11 is 0. The highest BCUT2D eigenvalue weighted by atomic mass is 16.2. The van der Waals surface area contributed by atoms with Crippen molar-refractivity contribution in [3.05, 3.63) is 36.0 Å². The van der Waals surface area contributed by atoms with Gasteiger partial charge in [0.05, 0.1) is 0 Å². The standard InChI is InChI=1S/C14H16N2O2/c1-15(2)14(18)6-8-16-7-5-12-9-11(10-17)3-4-13(12)16/h3-5,7,9-10H,6,8H2,1-2H3. The van der Waals surface area contributed by atoms with Crippen LogP contribution < -0.4 is 0 Å². The smallest absolute Gasteiger partial charge is 0.223 e. The Kier molecular flexibility index (Phi) is 3.46. The zero-order valence-corrected chi connectivity index (χ0v) is 10.6. The summed E-state index contributed by atoms with van der Waals surface area (Å²) in [7, 11) is 3.51. The molecule has 0 N–H and O–H groups in total. The number of nitrogens with zero attached hydrogens (tertiary/aromatic N) is 2. The van der Waals surface area contributed by atoms with E-state index in [4.69, 9.17) is 0 Å². The third-order valence-corrected chi connectivity index (χ3v) is 3.00. The van der Waals surface area contributed by atoms with Crippen LogP contribution in [0.25, 0.3) is 10.9 Å². The number of hydrogen-bond donors (Lipinski definition) is 0. The molecule has 0 aliphatic carbocycles. The summed E-state index contributed by atoms with van der Waals surface area (Å²) in [6.45, 7) is 0.654. The molecule has 0 aliphatic rings. The first-order chi connectivity index (χ1) is 8.61. The highest BCUT2D eigenvalue weighted by Gasteiger charge is 2.06. The van der Waals surface area contributed by atoms with Crippen LogP contribution in [-0.4, -0.2) is 35.8 Å². The average Bonchev–Trinajstić information content (AvgIpc) is 2.77. The third-order valence-electron chi connectivity index (χ3n) is 3.00. The Labute approximate surface area is 106 Å². The quantitative estimate of drug-likeness (QED) is 0.771. The van der Waals surface area contributed by atoms with Gasteiger partial charge in [0.25, 0.3) is 0 Å². The van der Waals surface area contributed by atoms with Crippen LogP contribution in [0.15, 0.2) is 30.5 Å². The van der Waals surface area contributed by atoms with Crippen LogP contribution in [0.3, 0.4) is 0 Å². The molecule has 4 heteroatoms. The van der Waals surface area contributed by atoms with Gasteiger partial charge < -0.3 is 9.47 Å². The maximum absolute atomic E-state index is 11.5. The summed E-state index contributed by atoms with van der Waals surface area (Å²) < 4.78 is 2.03. The van der Waals surface area contributed by atoms with Crippen LogP contribution in [0.5, 0.6) is 0 Å². The first kappa shape index (κ1) is 12.4. The lowest BCUT2D eigenvalue weighted by Crippen LogP contribution is -2.22. The third kappa shape index (κ3) is 2.42. The minimum absolute atomic E-state index is 0.112. The Morgan fingerprint density at radius 1 is 1.33 bits per heavy atom. The van der Waals surface area contributed by atoms with E-state index in [9.17, 15) is 9.59 Å². The molecule has 94 valence electrons. The topological polar surface area (TPSA) is 42.3 Å².